The van der Waals surface area contributed by atoms with Crippen molar-refractivity contribution in [2.24, 2.45) is 5.10 Å². The summed E-state index contributed by atoms with van der Waals surface area (Å²) in [5, 5.41) is 14.8. The van der Waals surface area contributed by atoms with Gasteiger partial charge in [-0.1, -0.05) is 24.3 Å². The molecule has 2 aromatic rings. The summed E-state index contributed by atoms with van der Waals surface area (Å²) in [6, 6.07) is 10.8. The number of methoxy groups -OCH3 is 1. The van der Waals surface area contributed by atoms with Gasteiger partial charge in [0.15, 0.2) is 0 Å². The molecule has 0 fully saturated rings. The van der Waals surface area contributed by atoms with Crippen molar-refractivity contribution in [2.75, 3.05) is 7.11 Å². The molecule has 7 heteroatoms. The third-order valence-electron chi connectivity index (χ3n) is 4.13. The van der Waals surface area contributed by atoms with Gasteiger partial charge in [-0.2, -0.15) is 5.10 Å². The van der Waals surface area contributed by atoms with Crippen molar-refractivity contribution < 1.29 is 14.5 Å². The lowest BCUT2D eigenvalue weighted by Gasteiger charge is -2.09. The van der Waals surface area contributed by atoms with E-state index < -0.39 is 4.92 Å². The molecule has 0 saturated carbocycles. The smallest absolute Gasteiger partial charge is 0.272 e. The third kappa shape index (κ3) is 5.91. The normalized spacial score (nSPS) is 10.8. The number of hydrogen-bond donors (Lipinski definition) is 1. The van der Waals surface area contributed by atoms with Crippen LogP contribution in [0.5, 0.6) is 5.75 Å². The summed E-state index contributed by atoms with van der Waals surface area (Å²) in [7, 11) is 1.63. The predicted octanol–water partition coefficient (Wildman–Crippen LogP) is 3.69. The van der Waals surface area contributed by atoms with Crippen LogP contribution in [0, 0.1) is 24.0 Å². The van der Waals surface area contributed by atoms with Crippen LogP contribution in [0.25, 0.3) is 0 Å². The fraction of sp³-hybridized carbons (Fsp3) is 0.300. The molecule has 0 unspecified atom stereocenters. The van der Waals surface area contributed by atoms with Crippen LogP contribution in [0.2, 0.25) is 0 Å². The molecule has 1 N–H and O–H groups in total. The number of hydrazone groups is 1. The number of nitro benzene ring substituents is 1. The van der Waals surface area contributed by atoms with E-state index in [0.717, 1.165) is 23.3 Å². The van der Waals surface area contributed by atoms with Crippen molar-refractivity contribution >= 4 is 17.8 Å². The SMILES string of the molecule is COc1cc(C)ccc1CCCC(=O)NN=Cc1ccc(C)c([N+](=O)[O-])c1. The fourth-order valence-electron chi connectivity index (χ4n) is 2.64. The Morgan fingerprint density at radius 1 is 1.26 bits per heavy atom. The Labute approximate surface area is 158 Å². The zero-order valence-electron chi connectivity index (χ0n) is 15.7. The van der Waals surface area contributed by atoms with Crippen molar-refractivity contribution in [2.45, 2.75) is 33.1 Å². The van der Waals surface area contributed by atoms with Crippen molar-refractivity contribution in [3.8, 4) is 5.75 Å². The second-order valence-electron chi connectivity index (χ2n) is 6.27. The number of rotatable bonds is 8. The van der Waals surface area contributed by atoms with E-state index >= 15 is 0 Å². The van der Waals surface area contributed by atoms with E-state index in [1.54, 1.807) is 26.2 Å². The summed E-state index contributed by atoms with van der Waals surface area (Å²) in [6.07, 6.45) is 3.11. The first-order valence-corrected chi connectivity index (χ1v) is 8.61. The molecule has 0 aliphatic heterocycles. The monoisotopic (exact) mass is 369 g/mol. The lowest BCUT2D eigenvalue weighted by Crippen LogP contribution is -2.17. The summed E-state index contributed by atoms with van der Waals surface area (Å²) in [5.41, 5.74) is 5.79. The van der Waals surface area contributed by atoms with E-state index in [-0.39, 0.29) is 11.6 Å². The molecular weight excluding hydrogens is 346 g/mol. The van der Waals surface area contributed by atoms with Gasteiger partial charge in [-0.25, -0.2) is 5.43 Å². The lowest BCUT2D eigenvalue weighted by molar-refractivity contribution is -0.385. The molecule has 0 aromatic heterocycles. The molecular formula is C20H23N3O4. The van der Waals surface area contributed by atoms with Gasteiger partial charge in [-0.15, -0.1) is 0 Å². The minimum Gasteiger partial charge on any atom is -0.496 e. The lowest BCUT2D eigenvalue weighted by atomic mass is 10.0. The number of carbonyl (C=O) groups is 1. The van der Waals surface area contributed by atoms with E-state index in [0.29, 0.717) is 24.0 Å². The highest BCUT2D eigenvalue weighted by Gasteiger charge is 2.10. The topological polar surface area (TPSA) is 93.8 Å². The Kier molecular flexibility index (Phi) is 7.05. The zero-order chi connectivity index (χ0) is 19.8. The van der Waals surface area contributed by atoms with Crippen LogP contribution in [0.4, 0.5) is 5.69 Å². The average molecular weight is 369 g/mol. The van der Waals surface area contributed by atoms with Crippen LogP contribution in [-0.4, -0.2) is 24.2 Å². The first-order valence-electron chi connectivity index (χ1n) is 8.61. The largest absolute Gasteiger partial charge is 0.496 e. The first kappa shape index (κ1) is 20.1. The molecule has 0 spiro atoms. The molecule has 7 nitrogen and oxygen atoms in total. The number of nitro groups is 1. The van der Waals surface area contributed by atoms with Gasteiger partial charge >= 0.3 is 0 Å². The summed E-state index contributed by atoms with van der Waals surface area (Å²) in [4.78, 5) is 22.4. The number of nitrogens with zero attached hydrogens (tertiary/aromatic N) is 2. The number of amides is 1. The maximum absolute atomic E-state index is 11.9. The van der Waals surface area contributed by atoms with Crippen LogP contribution in [-0.2, 0) is 11.2 Å². The molecule has 0 saturated heterocycles. The average Bonchev–Trinajstić information content (AvgIpc) is 2.64. The van der Waals surface area contributed by atoms with Crippen molar-refractivity contribution in [1.82, 2.24) is 5.43 Å². The Bertz CT molecular complexity index is 862. The standard InChI is InChI=1S/C20H23N3O4/c1-14-7-10-17(19(11-14)27-3)5-4-6-20(24)22-21-13-16-9-8-15(2)18(12-16)23(25)26/h7-13H,4-6H2,1-3H3,(H,22,24). The molecule has 0 heterocycles. The molecule has 0 atom stereocenters. The number of benzene rings is 2. The number of aryl methyl sites for hydroxylation is 3. The minimum absolute atomic E-state index is 0.0253. The maximum atomic E-state index is 11.9. The quantitative estimate of drug-likeness (QED) is 0.436. The fourth-order valence-corrected chi connectivity index (χ4v) is 2.64. The number of nitrogens with one attached hydrogen (secondary N) is 1. The van der Waals surface area contributed by atoms with Gasteiger partial charge in [0.1, 0.15) is 5.75 Å². The van der Waals surface area contributed by atoms with Gasteiger partial charge < -0.3 is 4.74 Å². The Hall–Kier alpha value is -3.22. The molecule has 142 valence electrons. The van der Waals surface area contributed by atoms with Crippen LogP contribution < -0.4 is 10.2 Å². The third-order valence-corrected chi connectivity index (χ3v) is 4.13. The second-order valence-corrected chi connectivity index (χ2v) is 6.27. The van der Waals surface area contributed by atoms with Gasteiger partial charge in [0.2, 0.25) is 5.91 Å². The molecule has 0 radical (unpaired) electrons. The summed E-state index contributed by atoms with van der Waals surface area (Å²) < 4.78 is 5.36. The molecule has 2 rings (SSSR count). The van der Waals surface area contributed by atoms with E-state index in [4.69, 9.17) is 4.74 Å². The van der Waals surface area contributed by atoms with Crippen LogP contribution >= 0.6 is 0 Å². The van der Waals surface area contributed by atoms with Crippen molar-refractivity contribution in [3.05, 3.63) is 68.8 Å². The van der Waals surface area contributed by atoms with Crippen molar-refractivity contribution in [3.63, 3.8) is 0 Å². The second kappa shape index (κ2) is 9.47. The molecule has 0 aliphatic rings. The van der Waals surface area contributed by atoms with E-state index in [2.05, 4.69) is 10.5 Å². The highest BCUT2D eigenvalue weighted by Crippen LogP contribution is 2.21. The molecule has 0 bridgehead atoms. The molecule has 1 amide bonds. The van der Waals surface area contributed by atoms with Crippen LogP contribution in [0.3, 0.4) is 0 Å². The Morgan fingerprint density at radius 2 is 2.04 bits per heavy atom. The number of ether oxygens (including phenoxy) is 1. The van der Waals surface area contributed by atoms with Crippen molar-refractivity contribution in [1.29, 1.82) is 0 Å². The van der Waals surface area contributed by atoms with Gasteiger partial charge in [0.05, 0.1) is 18.2 Å². The zero-order valence-corrected chi connectivity index (χ0v) is 15.7. The highest BCUT2D eigenvalue weighted by molar-refractivity contribution is 5.83. The van der Waals surface area contributed by atoms with E-state index in [1.807, 2.05) is 25.1 Å². The predicted molar refractivity (Wildman–Crippen MR) is 104 cm³/mol. The minimum atomic E-state index is -0.440. The number of carbonyl (C=O) groups excluding carboxylic acids is 1. The van der Waals surface area contributed by atoms with Gasteiger partial charge in [-0.05, 0) is 43.9 Å². The Morgan fingerprint density at radius 3 is 2.74 bits per heavy atom. The van der Waals surface area contributed by atoms with Crippen LogP contribution in [0.1, 0.15) is 35.1 Å². The van der Waals surface area contributed by atoms with Gasteiger partial charge in [0, 0.05) is 23.6 Å². The summed E-state index contributed by atoms with van der Waals surface area (Å²) in [5.74, 6) is 0.619. The van der Waals surface area contributed by atoms with E-state index in [9.17, 15) is 14.9 Å². The maximum Gasteiger partial charge on any atom is 0.272 e. The highest BCUT2D eigenvalue weighted by atomic mass is 16.6. The first-order chi connectivity index (χ1) is 12.9. The molecule has 27 heavy (non-hydrogen) atoms. The van der Waals surface area contributed by atoms with Gasteiger partial charge in [-0.3, -0.25) is 14.9 Å². The van der Waals surface area contributed by atoms with Gasteiger partial charge in [0.25, 0.3) is 5.69 Å². The molecule has 0 aliphatic carbocycles. The van der Waals surface area contributed by atoms with Crippen LogP contribution in [0.15, 0.2) is 41.5 Å². The number of hydrogen-bond acceptors (Lipinski definition) is 5. The van der Waals surface area contributed by atoms with E-state index in [1.165, 1.54) is 12.3 Å². The summed E-state index contributed by atoms with van der Waals surface area (Å²) in [6.45, 7) is 3.67. The Balaban J connectivity index is 1.84. The summed E-state index contributed by atoms with van der Waals surface area (Å²) >= 11 is 0. The molecule has 2 aromatic carbocycles.